The van der Waals surface area contributed by atoms with Crippen LogP contribution in [0.1, 0.15) is 66.2 Å². The van der Waals surface area contributed by atoms with Crippen LogP contribution in [0.5, 0.6) is 0 Å². The zero-order valence-corrected chi connectivity index (χ0v) is 15.5. The number of unbranched alkanes of at least 4 members (excludes halogenated alkanes) is 2. The van der Waals surface area contributed by atoms with Crippen molar-refractivity contribution in [2.24, 2.45) is 11.8 Å². The van der Waals surface area contributed by atoms with Gasteiger partial charge < -0.3 is 9.05 Å². The molecule has 0 bridgehead atoms. The van der Waals surface area contributed by atoms with Gasteiger partial charge in [-0.05, 0) is 36.5 Å². The van der Waals surface area contributed by atoms with E-state index in [-0.39, 0.29) is 0 Å². The molecule has 5 heteroatoms. The molecule has 0 atom stereocenters. The van der Waals surface area contributed by atoms with Crippen molar-refractivity contribution in [3.63, 3.8) is 0 Å². The van der Waals surface area contributed by atoms with E-state index in [0.29, 0.717) is 13.2 Å². The fourth-order valence-corrected chi connectivity index (χ4v) is 3.44. The first-order chi connectivity index (χ1) is 8.83. The Kier molecular flexibility index (Phi) is 12.1. The molecule has 0 aliphatic heterocycles. The molecule has 0 saturated heterocycles. The van der Waals surface area contributed by atoms with E-state index in [1.165, 1.54) is 25.7 Å². The van der Waals surface area contributed by atoms with Crippen molar-refractivity contribution in [3.8, 4) is 0 Å². The quantitative estimate of drug-likeness (QED) is 0.277. The van der Waals surface area contributed by atoms with E-state index in [2.05, 4.69) is 39.9 Å². The SMILES string of the molecule is CC(C)CCCCOP(=S)(S)OCCCCC(C)C. The lowest BCUT2D eigenvalue weighted by Gasteiger charge is -2.17. The van der Waals surface area contributed by atoms with Crippen LogP contribution in [-0.4, -0.2) is 13.2 Å². The minimum atomic E-state index is -2.29. The van der Waals surface area contributed by atoms with Gasteiger partial charge in [0.25, 0.3) is 0 Å². The summed E-state index contributed by atoms with van der Waals surface area (Å²) in [5, 5.41) is 0. The Hall–Kier alpha value is 0.920. The molecule has 0 aromatic carbocycles. The summed E-state index contributed by atoms with van der Waals surface area (Å²) in [5.74, 6) is 1.52. The van der Waals surface area contributed by atoms with Crippen LogP contribution >= 0.6 is 17.9 Å². The fourth-order valence-electron chi connectivity index (χ4n) is 1.71. The Bertz CT molecular complexity index is 236. The van der Waals surface area contributed by atoms with Crippen LogP contribution in [0.4, 0.5) is 0 Å². The molecule has 0 aromatic heterocycles. The molecule has 0 radical (unpaired) electrons. The van der Waals surface area contributed by atoms with Gasteiger partial charge in [-0.15, -0.1) is 0 Å². The zero-order valence-electron chi connectivity index (χ0n) is 12.9. The van der Waals surface area contributed by atoms with Crippen molar-refractivity contribution in [3.05, 3.63) is 0 Å². The lowest BCUT2D eigenvalue weighted by atomic mass is 10.1. The summed E-state index contributed by atoms with van der Waals surface area (Å²) in [7, 11) is 0. The maximum Gasteiger partial charge on any atom is 0.244 e. The molecule has 0 saturated carbocycles. The Labute approximate surface area is 130 Å². The number of hydrogen-bond donors (Lipinski definition) is 1. The van der Waals surface area contributed by atoms with E-state index in [9.17, 15) is 0 Å². The molecular formula is C14H31O2PS2. The third-order valence-electron chi connectivity index (χ3n) is 2.86. The standard InChI is InChI=1S/C14H31O2PS2/c1-13(2)9-5-7-11-15-17(18,19)16-12-8-6-10-14(3)4/h13-14H,5-12H2,1-4H3,(H,18,19). The predicted molar refractivity (Wildman–Crippen MR) is 92.6 cm³/mol. The van der Waals surface area contributed by atoms with E-state index in [1.54, 1.807) is 0 Å². The number of thiol groups is 1. The Morgan fingerprint density at radius 3 is 1.53 bits per heavy atom. The molecule has 0 aliphatic carbocycles. The van der Waals surface area contributed by atoms with Gasteiger partial charge in [0.05, 0.1) is 13.2 Å². The average Bonchev–Trinajstić information content (AvgIpc) is 2.27. The van der Waals surface area contributed by atoms with E-state index in [4.69, 9.17) is 20.9 Å². The smallest absolute Gasteiger partial charge is 0.244 e. The van der Waals surface area contributed by atoms with Gasteiger partial charge in [-0.1, -0.05) is 65.6 Å². The Morgan fingerprint density at radius 2 is 1.21 bits per heavy atom. The first-order valence-corrected chi connectivity index (χ1v) is 11.2. The first kappa shape index (κ1) is 19.9. The second kappa shape index (κ2) is 11.6. The van der Waals surface area contributed by atoms with Crippen LogP contribution in [0, 0.1) is 11.8 Å². The van der Waals surface area contributed by atoms with Gasteiger partial charge >= 0.3 is 0 Å². The van der Waals surface area contributed by atoms with Gasteiger partial charge in [0, 0.05) is 0 Å². The molecule has 0 unspecified atom stereocenters. The highest BCUT2D eigenvalue weighted by Crippen LogP contribution is 2.53. The van der Waals surface area contributed by atoms with Crippen molar-refractivity contribution in [2.75, 3.05) is 13.2 Å². The predicted octanol–water partition coefficient (Wildman–Crippen LogP) is 5.83. The second-order valence-corrected chi connectivity index (χ2v) is 11.2. The highest BCUT2D eigenvalue weighted by atomic mass is 32.9. The molecule has 0 amide bonds. The minimum absolute atomic E-state index is 0.680. The summed E-state index contributed by atoms with van der Waals surface area (Å²) < 4.78 is 11.2. The molecule has 0 spiro atoms. The summed E-state index contributed by atoms with van der Waals surface area (Å²) >= 11 is 9.63. The van der Waals surface area contributed by atoms with E-state index in [1.807, 2.05) is 0 Å². The van der Waals surface area contributed by atoms with Crippen molar-refractivity contribution in [2.45, 2.75) is 66.2 Å². The van der Waals surface area contributed by atoms with Crippen molar-refractivity contribution in [1.29, 1.82) is 0 Å². The minimum Gasteiger partial charge on any atom is -0.322 e. The normalized spacial score (nSPS) is 12.6. The van der Waals surface area contributed by atoms with Crippen LogP contribution in [-0.2, 0) is 20.9 Å². The van der Waals surface area contributed by atoms with Crippen molar-refractivity contribution >= 4 is 29.7 Å². The van der Waals surface area contributed by atoms with E-state index < -0.39 is 5.69 Å². The monoisotopic (exact) mass is 326 g/mol. The van der Waals surface area contributed by atoms with Gasteiger partial charge in [-0.2, -0.15) is 0 Å². The summed E-state index contributed by atoms with van der Waals surface area (Å²) in [6, 6.07) is 0. The van der Waals surface area contributed by atoms with Crippen LogP contribution in [0.25, 0.3) is 0 Å². The summed E-state index contributed by atoms with van der Waals surface area (Å²) in [4.78, 5) is 0. The molecule has 0 rings (SSSR count). The third-order valence-corrected chi connectivity index (χ3v) is 5.20. The lowest BCUT2D eigenvalue weighted by molar-refractivity contribution is 0.248. The van der Waals surface area contributed by atoms with Crippen molar-refractivity contribution < 1.29 is 9.05 Å². The average molecular weight is 327 g/mol. The second-order valence-electron chi connectivity index (χ2n) is 5.91. The zero-order chi connectivity index (χ0) is 14.7. The summed E-state index contributed by atoms with van der Waals surface area (Å²) in [6.07, 6.45) is 6.97. The molecule has 0 aliphatic rings. The molecule has 19 heavy (non-hydrogen) atoms. The van der Waals surface area contributed by atoms with Crippen LogP contribution in [0.2, 0.25) is 0 Å². The molecule has 116 valence electrons. The van der Waals surface area contributed by atoms with Gasteiger partial charge in [0.2, 0.25) is 5.69 Å². The van der Waals surface area contributed by atoms with Crippen LogP contribution < -0.4 is 0 Å². The maximum absolute atomic E-state index is 5.61. The van der Waals surface area contributed by atoms with Crippen LogP contribution in [0.15, 0.2) is 0 Å². The van der Waals surface area contributed by atoms with E-state index in [0.717, 1.165) is 24.7 Å². The molecule has 0 N–H and O–H groups in total. The molecule has 0 aromatic rings. The lowest BCUT2D eigenvalue weighted by Crippen LogP contribution is -1.97. The van der Waals surface area contributed by atoms with E-state index >= 15 is 0 Å². The molecule has 0 fully saturated rings. The first-order valence-electron chi connectivity index (χ1n) is 7.45. The van der Waals surface area contributed by atoms with Gasteiger partial charge in [0.15, 0.2) is 0 Å². The highest BCUT2D eigenvalue weighted by molar-refractivity contribution is 8.60. The Morgan fingerprint density at radius 1 is 0.842 bits per heavy atom. The maximum atomic E-state index is 5.61. The summed E-state index contributed by atoms with van der Waals surface area (Å²) in [6.45, 7) is 10.3. The topological polar surface area (TPSA) is 18.5 Å². The largest absolute Gasteiger partial charge is 0.322 e. The number of rotatable bonds is 12. The fraction of sp³-hybridized carbons (Fsp3) is 1.00. The van der Waals surface area contributed by atoms with Crippen LogP contribution in [0.3, 0.4) is 0 Å². The molecular weight excluding hydrogens is 295 g/mol. The molecule has 2 nitrogen and oxygen atoms in total. The summed E-state index contributed by atoms with van der Waals surface area (Å²) in [5.41, 5.74) is -2.29. The highest BCUT2D eigenvalue weighted by Gasteiger charge is 2.12. The Balaban J connectivity index is 3.50. The van der Waals surface area contributed by atoms with Crippen molar-refractivity contribution in [1.82, 2.24) is 0 Å². The third kappa shape index (κ3) is 15.1. The van der Waals surface area contributed by atoms with Gasteiger partial charge in [-0.3, -0.25) is 0 Å². The van der Waals surface area contributed by atoms with Gasteiger partial charge in [-0.25, -0.2) is 0 Å². The van der Waals surface area contributed by atoms with Gasteiger partial charge in [0.1, 0.15) is 0 Å². The molecule has 0 heterocycles. The number of hydrogen-bond acceptors (Lipinski definition) is 3.